The van der Waals surface area contributed by atoms with E-state index >= 15 is 0 Å². The van der Waals surface area contributed by atoms with Gasteiger partial charge in [-0.2, -0.15) is 0 Å². The summed E-state index contributed by atoms with van der Waals surface area (Å²) in [6.07, 6.45) is 0. The van der Waals surface area contributed by atoms with E-state index in [1.165, 1.54) is 4.70 Å². The highest BCUT2D eigenvalue weighted by Gasteiger charge is 2.25. The number of thiophene rings is 1. The third-order valence-corrected chi connectivity index (χ3v) is 4.44. The first-order valence-electron chi connectivity index (χ1n) is 6.25. The maximum Gasteiger partial charge on any atom is 0.255 e. The zero-order chi connectivity index (χ0) is 12.5. The number of piperazine rings is 1. The number of benzene rings is 1. The molecular weight excluding hydrogens is 280 g/mol. The Morgan fingerprint density at radius 3 is 3.00 bits per heavy atom. The molecule has 1 aromatic heterocycles. The summed E-state index contributed by atoms with van der Waals surface area (Å²) in [4.78, 5) is 14.6. The molecule has 5 heteroatoms. The molecule has 3 rings (SSSR count). The second-order valence-corrected chi connectivity index (χ2v) is 5.61. The average Bonchev–Trinajstić information content (AvgIpc) is 2.82. The highest BCUT2D eigenvalue weighted by molar-refractivity contribution is 7.17. The predicted molar refractivity (Wildman–Crippen MR) is 82.4 cm³/mol. The summed E-state index contributed by atoms with van der Waals surface area (Å²) in [5.74, 6) is 0.168. The van der Waals surface area contributed by atoms with Gasteiger partial charge in [0.05, 0.1) is 5.56 Å². The molecule has 1 fully saturated rings. The molecule has 0 aliphatic carbocycles. The lowest BCUT2D eigenvalue weighted by molar-refractivity contribution is 0.0658. The fourth-order valence-corrected chi connectivity index (χ4v) is 3.38. The molecule has 0 saturated carbocycles. The predicted octanol–water partition coefficient (Wildman–Crippen LogP) is 2.76. The Labute approximate surface area is 123 Å². The van der Waals surface area contributed by atoms with Crippen molar-refractivity contribution in [1.29, 1.82) is 0 Å². The molecule has 1 aromatic carbocycles. The van der Waals surface area contributed by atoms with E-state index in [-0.39, 0.29) is 24.4 Å². The van der Waals surface area contributed by atoms with Gasteiger partial charge in [-0.1, -0.05) is 18.2 Å². The summed E-state index contributed by atoms with van der Waals surface area (Å²) >= 11 is 1.64. The van der Waals surface area contributed by atoms with Crippen LogP contribution in [0.4, 0.5) is 0 Å². The number of carbonyl (C=O) groups is 1. The second-order valence-electron chi connectivity index (χ2n) is 4.70. The minimum Gasteiger partial charge on any atom is -0.333 e. The van der Waals surface area contributed by atoms with E-state index < -0.39 is 0 Å². The zero-order valence-electron chi connectivity index (χ0n) is 10.8. The van der Waals surface area contributed by atoms with Gasteiger partial charge in [0.2, 0.25) is 0 Å². The highest BCUT2D eigenvalue weighted by Crippen LogP contribution is 2.27. The van der Waals surface area contributed by atoms with Crippen molar-refractivity contribution >= 4 is 39.7 Å². The van der Waals surface area contributed by atoms with Gasteiger partial charge >= 0.3 is 0 Å². The summed E-state index contributed by atoms with van der Waals surface area (Å²) in [7, 11) is 0. The Morgan fingerprint density at radius 1 is 1.42 bits per heavy atom. The fourth-order valence-electron chi connectivity index (χ4n) is 2.44. The number of rotatable bonds is 1. The Balaban J connectivity index is 0.00000133. The first-order chi connectivity index (χ1) is 8.77. The number of amides is 1. The van der Waals surface area contributed by atoms with Gasteiger partial charge < -0.3 is 10.2 Å². The minimum atomic E-state index is 0. The van der Waals surface area contributed by atoms with Gasteiger partial charge in [0.25, 0.3) is 5.91 Å². The molecule has 2 aromatic rings. The molecule has 1 amide bonds. The third kappa shape index (κ3) is 2.61. The lowest BCUT2D eigenvalue weighted by Crippen LogP contribution is -2.52. The van der Waals surface area contributed by atoms with Crippen molar-refractivity contribution in [3.63, 3.8) is 0 Å². The van der Waals surface area contributed by atoms with Crippen LogP contribution in [0.15, 0.2) is 29.6 Å². The molecule has 2 heterocycles. The van der Waals surface area contributed by atoms with Crippen LogP contribution in [0.2, 0.25) is 0 Å². The Hall–Kier alpha value is -1.10. The highest BCUT2D eigenvalue weighted by atomic mass is 35.5. The first-order valence-corrected chi connectivity index (χ1v) is 7.13. The van der Waals surface area contributed by atoms with E-state index in [2.05, 4.69) is 18.3 Å². The van der Waals surface area contributed by atoms with Crippen molar-refractivity contribution < 1.29 is 4.79 Å². The van der Waals surface area contributed by atoms with Gasteiger partial charge in [0.1, 0.15) is 0 Å². The SMILES string of the molecule is C[C@@H]1CNCCN1C(=O)c1csc2ccccc12.Cl. The van der Waals surface area contributed by atoms with Crippen LogP contribution in [-0.4, -0.2) is 36.5 Å². The number of hydrogen-bond acceptors (Lipinski definition) is 3. The zero-order valence-corrected chi connectivity index (χ0v) is 12.4. The molecule has 0 radical (unpaired) electrons. The largest absolute Gasteiger partial charge is 0.333 e. The van der Waals surface area contributed by atoms with E-state index in [9.17, 15) is 4.79 Å². The maximum absolute atomic E-state index is 12.6. The van der Waals surface area contributed by atoms with Crippen molar-refractivity contribution in [2.45, 2.75) is 13.0 Å². The van der Waals surface area contributed by atoms with Crippen molar-refractivity contribution in [3.8, 4) is 0 Å². The van der Waals surface area contributed by atoms with Gasteiger partial charge in [-0.05, 0) is 13.0 Å². The van der Waals surface area contributed by atoms with E-state index in [0.29, 0.717) is 0 Å². The van der Waals surface area contributed by atoms with E-state index in [4.69, 9.17) is 0 Å². The van der Waals surface area contributed by atoms with Gasteiger partial charge in [0, 0.05) is 41.1 Å². The van der Waals surface area contributed by atoms with Crippen molar-refractivity contribution in [1.82, 2.24) is 10.2 Å². The van der Waals surface area contributed by atoms with Crippen LogP contribution in [0, 0.1) is 0 Å². The van der Waals surface area contributed by atoms with Gasteiger partial charge in [-0.25, -0.2) is 0 Å². The molecule has 0 spiro atoms. The van der Waals surface area contributed by atoms with Crippen LogP contribution in [0.3, 0.4) is 0 Å². The standard InChI is InChI=1S/C14H16N2OS.ClH/c1-10-8-15-6-7-16(10)14(17)12-9-18-13-5-3-2-4-11(12)13;/h2-5,9-10,15H,6-8H2,1H3;1H/t10-;/m1./s1. The van der Waals surface area contributed by atoms with E-state index in [1.54, 1.807) is 11.3 Å². The first kappa shape index (κ1) is 14.3. The van der Waals surface area contributed by atoms with Crippen molar-refractivity contribution in [2.75, 3.05) is 19.6 Å². The monoisotopic (exact) mass is 296 g/mol. The quantitative estimate of drug-likeness (QED) is 0.877. The Morgan fingerprint density at radius 2 is 2.21 bits per heavy atom. The molecule has 19 heavy (non-hydrogen) atoms. The smallest absolute Gasteiger partial charge is 0.255 e. The van der Waals surface area contributed by atoms with Crippen LogP contribution in [-0.2, 0) is 0 Å². The van der Waals surface area contributed by atoms with Crippen molar-refractivity contribution in [3.05, 3.63) is 35.2 Å². The Bertz CT molecular complexity index is 584. The molecule has 1 N–H and O–H groups in total. The van der Waals surface area contributed by atoms with Crippen LogP contribution >= 0.6 is 23.7 Å². The summed E-state index contributed by atoms with van der Waals surface area (Å²) < 4.78 is 1.18. The summed E-state index contributed by atoms with van der Waals surface area (Å²) in [5.41, 5.74) is 0.851. The summed E-state index contributed by atoms with van der Waals surface area (Å²) in [6.45, 7) is 4.66. The Kier molecular flexibility index (Phi) is 4.45. The third-order valence-electron chi connectivity index (χ3n) is 3.47. The van der Waals surface area contributed by atoms with Crippen LogP contribution < -0.4 is 5.32 Å². The second kappa shape index (κ2) is 5.90. The summed E-state index contributed by atoms with van der Waals surface area (Å²) in [6, 6.07) is 8.38. The molecule has 102 valence electrons. The molecule has 1 aliphatic rings. The number of halogens is 1. The molecule has 1 saturated heterocycles. The number of fused-ring (bicyclic) bond motifs is 1. The van der Waals surface area contributed by atoms with Crippen molar-refractivity contribution in [2.24, 2.45) is 0 Å². The normalized spacial score (nSPS) is 19.2. The molecule has 1 aliphatic heterocycles. The average molecular weight is 297 g/mol. The number of nitrogens with one attached hydrogen (secondary N) is 1. The van der Waals surface area contributed by atoms with Gasteiger partial charge in [0.15, 0.2) is 0 Å². The number of nitrogens with zero attached hydrogens (tertiary/aromatic N) is 1. The number of carbonyl (C=O) groups excluding carboxylic acids is 1. The van der Waals surface area contributed by atoms with Crippen LogP contribution in [0.1, 0.15) is 17.3 Å². The fraction of sp³-hybridized carbons (Fsp3) is 0.357. The molecular formula is C14H17ClN2OS. The van der Waals surface area contributed by atoms with E-state index in [1.807, 2.05) is 28.5 Å². The maximum atomic E-state index is 12.6. The van der Waals surface area contributed by atoms with Gasteiger partial charge in [-0.3, -0.25) is 4.79 Å². The summed E-state index contributed by atoms with van der Waals surface area (Å²) in [5, 5.41) is 6.38. The molecule has 3 nitrogen and oxygen atoms in total. The molecule has 0 bridgehead atoms. The van der Waals surface area contributed by atoms with Crippen LogP contribution in [0.5, 0.6) is 0 Å². The van der Waals surface area contributed by atoms with Gasteiger partial charge in [-0.15, -0.1) is 23.7 Å². The topological polar surface area (TPSA) is 32.3 Å². The number of hydrogen-bond donors (Lipinski definition) is 1. The lowest BCUT2D eigenvalue weighted by atomic mass is 10.1. The molecule has 1 atom stereocenters. The molecule has 0 unspecified atom stereocenters. The van der Waals surface area contributed by atoms with E-state index in [0.717, 1.165) is 30.6 Å². The lowest BCUT2D eigenvalue weighted by Gasteiger charge is -2.33. The minimum absolute atomic E-state index is 0. The van der Waals surface area contributed by atoms with Crippen LogP contribution in [0.25, 0.3) is 10.1 Å².